The number of hydrogen-bond acceptors (Lipinski definition) is 3. The second-order valence-electron chi connectivity index (χ2n) is 5.18. The molecule has 22 heavy (non-hydrogen) atoms. The van der Waals surface area contributed by atoms with Gasteiger partial charge in [-0.05, 0) is 30.2 Å². The van der Waals surface area contributed by atoms with Crippen LogP contribution in [-0.2, 0) is 11.4 Å². The van der Waals surface area contributed by atoms with Gasteiger partial charge in [-0.15, -0.1) is 0 Å². The molecule has 4 heteroatoms. The van der Waals surface area contributed by atoms with Crippen LogP contribution in [0.2, 0.25) is 0 Å². The minimum Gasteiger partial charge on any atom is -0.484 e. The van der Waals surface area contributed by atoms with Crippen molar-refractivity contribution >= 4 is 5.91 Å². The van der Waals surface area contributed by atoms with Crippen molar-refractivity contribution < 1.29 is 14.6 Å². The Morgan fingerprint density at radius 1 is 1.14 bits per heavy atom. The summed E-state index contributed by atoms with van der Waals surface area (Å²) < 4.78 is 5.50. The number of carbonyl (C=O) groups excluding carboxylic acids is 1. The maximum absolute atomic E-state index is 12.2. The lowest BCUT2D eigenvalue weighted by Gasteiger charge is -2.25. The summed E-state index contributed by atoms with van der Waals surface area (Å²) in [5.41, 5.74) is 1.90. The van der Waals surface area contributed by atoms with E-state index in [1.165, 1.54) is 0 Å². The third-order valence-electron chi connectivity index (χ3n) is 3.72. The SMILES string of the molecule is CC(c1ccccc1)N(C)C(=O)COc1ccc(CO)cc1. The minimum absolute atomic E-state index is 0.00343. The van der Waals surface area contributed by atoms with Gasteiger partial charge in [0.15, 0.2) is 6.61 Å². The highest BCUT2D eigenvalue weighted by Crippen LogP contribution is 2.18. The van der Waals surface area contributed by atoms with E-state index in [1.807, 2.05) is 37.3 Å². The predicted molar refractivity (Wildman–Crippen MR) is 85.5 cm³/mol. The molecule has 2 aromatic rings. The van der Waals surface area contributed by atoms with E-state index in [9.17, 15) is 4.79 Å². The van der Waals surface area contributed by atoms with Crippen molar-refractivity contribution in [1.29, 1.82) is 0 Å². The molecule has 0 aliphatic rings. The Morgan fingerprint density at radius 3 is 2.36 bits per heavy atom. The molecule has 4 nitrogen and oxygen atoms in total. The van der Waals surface area contributed by atoms with Gasteiger partial charge in [0, 0.05) is 7.05 Å². The Morgan fingerprint density at radius 2 is 1.77 bits per heavy atom. The van der Waals surface area contributed by atoms with Crippen molar-refractivity contribution in [2.75, 3.05) is 13.7 Å². The predicted octanol–water partition coefficient (Wildman–Crippen LogP) is 2.78. The van der Waals surface area contributed by atoms with Crippen LogP contribution in [0.25, 0.3) is 0 Å². The van der Waals surface area contributed by atoms with E-state index in [0.29, 0.717) is 5.75 Å². The monoisotopic (exact) mass is 299 g/mol. The fourth-order valence-corrected chi connectivity index (χ4v) is 2.11. The van der Waals surface area contributed by atoms with E-state index >= 15 is 0 Å². The molecule has 116 valence electrons. The fraction of sp³-hybridized carbons (Fsp3) is 0.278. The summed E-state index contributed by atoms with van der Waals surface area (Å²) in [4.78, 5) is 13.9. The topological polar surface area (TPSA) is 49.8 Å². The molecule has 0 fully saturated rings. The Labute approximate surface area is 131 Å². The summed E-state index contributed by atoms with van der Waals surface area (Å²) >= 11 is 0. The van der Waals surface area contributed by atoms with Gasteiger partial charge in [-0.2, -0.15) is 0 Å². The molecule has 0 aromatic heterocycles. The van der Waals surface area contributed by atoms with Gasteiger partial charge in [0.1, 0.15) is 5.75 Å². The molecule has 0 bridgehead atoms. The number of aliphatic hydroxyl groups is 1. The molecule has 1 N–H and O–H groups in total. The molecule has 1 unspecified atom stereocenters. The highest BCUT2D eigenvalue weighted by Gasteiger charge is 2.17. The molecule has 2 rings (SSSR count). The molecule has 0 aliphatic carbocycles. The van der Waals surface area contributed by atoms with Gasteiger partial charge >= 0.3 is 0 Å². The molecule has 0 spiro atoms. The minimum atomic E-state index is -0.0809. The molecular weight excluding hydrogens is 278 g/mol. The maximum Gasteiger partial charge on any atom is 0.260 e. The van der Waals surface area contributed by atoms with Crippen LogP contribution in [0.3, 0.4) is 0 Å². The Balaban J connectivity index is 1.90. The van der Waals surface area contributed by atoms with Crippen LogP contribution < -0.4 is 4.74 Å². The lowest BCUT2D eigenvalue weighted by Crippen LogP contribution is -2.33. The lowest BCUT2D eigenvalue weighted by molar-refractivity contribution is -0.134. The number of carbonyl (C=O) groups is 1. The molecule has 0 saturated heterocycles. The zero-order valence-corrected chi connectivity index (χ0v) is 12.9. The van der Waals surface area contributed by atoms with Crippen LogP contribution >= 0.6 is 0 Å². The maximum atomic E-state index is 12.2. The zero-order chi connectivity index (χ0) is 15.9. The van der Waals surface area contributed by atoms with Gasteiger partial charge in [0.05, 0.1) is 12.6 Å². The average molecular weight is 299 g/mol. The number of ether oxygens (including phenoxy) is 1. The Hall–Kier alpha value is -2.33. The van der Waals surface area contributed by atoms with Crippen molar-refractivity contribution in [3.05, 3.63) is 65.7 Å². The van der Waals surface area contributed by atoms with Crippen LogP contribution in [0.4, 0.5) is 0 Å². The second-order valence-corrected chi connectivity index (χ2v) is 5.18. The normalized spacial score (nSPS) is 11.8. The molecule has 1 amide bonds. The largest absolute Gasteiger partial charge is 0.484 e. The summed E-state index contributed by atoms with van der Waals surface area (Å²) in [5.74, 6) is 0.536. The summed E-state index contributed by atoms with van der Waals surface area (Å²) in [5, 5.41) is 8.99. The highest BCUT2D eigenvalue weighted by atomic mass is 16.5. The second kappa shape index (κ2) is 7.61. The molecule has 2 aromatic carbocycles. The van der Waals surface area contributed by atoms with Gasteiger partial charge in [-0.25, -0.2) is 0 Å². The van der Waals surface area contributed by atoms with E-state index in [4.69, 9.17) is 9.84 Å². The first-order valence-electron chi connectivity index (χ1n) is 7.25. The van der Waals surface area contributed by atoms with E-state index in [-0.39, 0.29) is 25.2 Å². The van der Waals surface area contributed by atoms with Crippen LogP contribution in [0, 0.1) is 0 Å². The highest BCUT2D eigenvalue weighted by molar-refractivity contribution is 5.78. The number of aliphatic hydroxyl groups excluding tert-OH is 1. The zero-order valence-electron chi connectivity index (χ0n) is 12.9. The summed E-state index contributed by atoms with van der Waals surface area (Å²) in [6.45, 7) is 1.98. The number of hydrogen-bond donors (Lipinski definition) is 1. The third kappa shape index (κ3) is 4.09. The van der Waals surface area contributed by atoms with Gasteiger partial charge in [-0.1, -0.05) is 42.5 Å². The smallest absolute Gasteiger partial charge is 0.260 e. The number of nitrogens with zero attached hydrogens (tertiary/aromatic N) is 1. The van der Waals surface area contributed by atoms with Crippen molar-refractivity contribution in [3.8, 4) is 5.75 Å². The number of rotatable bonds is 6. The third-order valence-corrected chi connectivity index (χ3v) is 3.72. The first-order valence-corrected chi connectivity index (χ1v) is 7.25. The first kappa shape index (κ1) is 16.0. The number of benzene rings is 2. The van der Waals surface area contributed by atoms with Gasteiger partial charge < -0.3 is 14.7 Å². The van der Waals surface area contributed by atoms with E-state index in [0.717, 1.165) is 11.1 Å². The van der Waals surface area contributed by atoms with Crippen LogP contribution in [0.5, 0.6) is 5.75 Å². The molecule has 0 aliphatic heterocycles. The van der Waals surface area contributed by atoms with Crippen LogP contribution in [-0.4, -0.2) is 29.6 Å². The van der Waals surface area contributed by atoms with E-state index in [2.05, 4.69) is 0 Å². The summed E-state index contributed by atoms with van der Waals surface area (Å²) in [6.07, 6.45) is 0. The van der Waals surface area contributed by atoms with Gasteiger partial charge in [0.2, 0.25) is 0 Å². The van der Waals surface area contributed by atoms with E-state index in [1.54, 1.807) is 36.2 Å². The van der Waals surface area contributed by atoms with Gasteiger partial charge in [-0.3, -0.25) is 4.79 Å². The van der Waals surface area contributed by atoms with Crippen molar-refractivity contribution in [2.24, 2.45) is 0 Å². The van der Waals surface area contributed by atoms with Crippen molar-refractivity contribution in [2.45, 2.75) is 19.6 Å². The lowest BCUT2D eigenvalue weighted by atomic mass is 10.1. The Kier molecular flexibility index (Phi) is 5.55. The molecular formula is C18H21NO3. The van der Waals surface area contributed by atoms with E-state index < -0.39 is 0 Å². The molecule has 0 saturated carbocycles. The summed E-state index contributed by atoms with van der Waals surface area (Å²) in [7, 11) is 1.78. The molecule has 1 atom stereocenters. The molecule has 0 radical (unpaired) electrons. The van der Waals surface area contributed by atoms with Gasteiger partial charge in [0.25, 0.3) is 5.91 Å². The van der Waals surface area contributed by atoms with Crippen LogP contribution in [0.1, 0.15) is 24.1 Å². The average Bonchev–Trinajstić information content (AvgIpc) is 2.59. The van der Waals surface area contributed by atoms with Crippen LogP contribution in [0.15, 0.2) is 54.6 Å². The Bertz CT molecular complexity index is 595. The first-order chi connectivity index (χ1) is 10.6. The quantitative estimate of drug-likeness (QED) is 0.892. The fourth-order valence-electron chi connectivity index (χ4n) is 2.11. The van der Waals surface area contributed by atoms with Crippen molar-refractivity contribution in [3.63, 3.8) is 0 Å². The number of likely N-dealkylation sites (N-methyl/N-ethyl adjacent to an activating group) is 1. The number of amides is 1. The van der Waals surface area contributed by atoms with Crippen molar-refractivity contribution in [1.82, 2.24) is 4.90 Å². The summed E-state index contributed by atoms with van der Waals surface area (Å²) in [6, 6.07) is 16.9. The molecule has 0 heterocycles. The standard InChI is InChI=1S/C18H21NO3/c1-14(16-6-4-3-5-7-16)19(2)18(21)13-22-17-10-8-15(12-20)9-11-17/h3-11,14,20H,12-13H2,1-2H3.